The van der Waals surface area contributed by atoms with Crippen molar-refractivity contribution in [2.75, 3.05) is 31.2 Å². The standard InChI is InChI=1S/C19H19F3N6O2.CH4O3S/c20-15-3-1-13(2-4-15)10-30-18(29)27-7-5-14(19(21,22)11-27)9-24-16-17-26-25-12-28(17)8-6-23-16;1-5(2,3)4/h1-4,6,8,12,14H,5,7,9-11H2,(H,23,24);1H3,(H,2,3,4)/t14-;/m1./s1. The first-order valence-electron chi connectivity index (χ1n) is 10.3. The first kappa shape index (κ1) is 26.2. The third-order valence-electron chi connectivity index (χ3n) is 5.01. The highest BCUT2D eigenvalue weighted by atomic mass is 32.2. The fourth-order valence-corrected chi connectivity index (χ4v) is 3.31. The van der Waals surface area contributed by atoms with Gasteiger partial charge in [0.05, 0.1) is 12.8 Å². The van der Waals surface area contributed by atoms with Gasteiger partial charge in [-0.3, -0.25) is 8.95 Å². The van der Waals surface area contributed by atoms with Crippen LogP contribution in [0.15, 0.2) is 43.0 Å². The molecule has 35 heavy (non-hydrogen) atoms. The summed E-state index contributed by atoms with van der Waals surface area (Å²) in [7, 11) is -3.67. The number of amides is 1. The lowest BCUT2D eigenvalue weighted by Crippen LogP contribution is -2.52. The van der Waals surface area contributed by atoms with E-state index in [9.17, 15) is 26.4 Å². The van der Waals surface area contributed by atoms with Gasteiger partial charge in [0, 0.05) is 31.4 Å². The third-order valence-corrected chi connectivity index (χ3v) is 5.01. The molecule has 0 unspecified atom stereocenters. The molecule has 1 saturated heterocycles. The maximum Gasteiger partial charge on any atom is 0.410 e. The molecular weight excluding hydrogens is 493 g/mol. The van der Waals surface area contributed by atoms with Crippen LogP contribution in [0.1, 0.15) is 12.0 Å². The number of piperidine rings is 1. The van der Waals surface area contributed by atoms with Crippen LogP contribution in [0, 0.1) is 11.7 Å². The van der Waals surface area contributed by atoms with E-state index in [-0.39, 0.29) is 26.1 Å². The van der Waals surface area contributed by atoms with Gasteiger partial charge in [-0.1, -0.05) is 12.1 Å². The normalized spacial score (nSPS) is 17.4. The molecule has 1 aromatic carbocycles. The van der Waals surface area contributed by atoms with Gasteiger partial charge in [0.25, 0.3) is 16.0 Å². The van der Waals surface area contributed by atoms with Crippen molar-refractivity contribution < 1.29 is 35.7 Å². The van der Waals surface area contributed by atoms with E-state index in [0.29, 0.717) is 23.3 Å². The molecule has 3 aromatic rings. The van der Waals surface area contributed by atoms with Gasteiger partial charge in [0.2, 0.25) is 5.65 Å². The molecule has 190 valence electrons. The van der Waals surface area contributed by atoms with Crippen molar-refractivity contribution in [3.8, 4) is 0 Å². The van der Waals surface area contributed by atoms with Crippen LogP contribution < -0.4 is 5.32 Å². The molecule has 11 nitrogen and oxygen atoms in total. The number of rotatable bonds is 5. The second-order valence-electron chi connectivity index (χ2n) is 7.80. The molecule has 2 aromatic heterocycles. The number of nitrogens with zero attached hydrogens (tertiary/aromatic N) is 5. The van der Waals surface area contributed by atoms with Gasteiger partial charge in [-0.05, 0) is 24.1 Å². The van der Waals surface area contributed by atoms with E-state index in [1.807, 2.05) is 0 Å². The number of carbonyl (C=O) groups is 1. The molecule has 0 spiro atoms. The highest BCUT2D eigenvalue weighted by molar-refractivity contribution is 7.85. The number of alkyl halides is 2. The van der Waals surface area contributed by atoms with Crippen LogP contribution in [-0.2, 0) is 21.5 Å². The fourth-order valence-electron chi connectivity index (χ4n) is 3.31. The molecule has 3 heterocycles. The van der Waals surface area contributed by atoms with Crippen molar-refractivity contribution in [3.63, 3.8) is 0 Å². The summed E-state index contributed by atoms with van der Waals surface area (Å²) in [5.41, 5.74) is 1.02. The SMILES string of the molecule is CS(=O)(=O)O.O=C(OCc1ccc(F)cc1)N1CC[C@H](CNc2nccn3cnnc23)C(F)(F)C1. The Morgan fingerprint density at radius 2 is 2.00 bits per heavy atom. The van der Waals surface area contributed by atoms with Crippen molar-refractivity contribution in [1.82, 2.24) is 24.5 Å². The number of carbonyl (C=O) groups excluding carboxylic acids is 1. The number of hydrogen-bond acceptors (Lipinski definition) is 8. The lowest BCUT2D eigenvalue weighted by molar-refractivity contribution is -0.101. The number of nitrogens with one attached hydrogen (secondary N) is 1. The average molecular weight is 517 g/mol. The molecule has 0 bridgehead atoms. The Morgan fingerprint density at radius 1 is 1.31 bits per heavy atom. The Balaban J connectivity index is 0.000000623. The molecule has 1 fully saturated rings. The van der Waals surface area contributed by atoms with E-state index in [4.69, 9.17) is 9.29 Å². The predicted octanol–water partition coefficient (Wildman–Crippen LogP) is 2.47. The Labute approximate surface area is 198 Å². The van der Waals surface area contributed by atoms with Crippen molar-refractivity contribution in [3.05, 3.63) is 54.4 Å². The second kappa shape index (κ2) is 10.9. The quantitative estimate of drug-likeness (QED) is 0.490. The van der Waals surface area contributed by atoms with E-state index in [0.717, 1.165) is 4.90 Å². The molecule has 15 heteroatoms. The van der Waals surface area contributed by atoms with E-state index in [1.54, 1.807) is 10.6 Å². The Hall–Kier alpha value is -3.46. The molecule has 0 radical (unpaired) electrons. The van der Waals surface area contributed by atoms with Crippen molar-refractivity contribution in [2.45, 2.75) is 19.0 Å². The highest BCUT2D eigenvalue weighted by Gasteiger charge is 2.46. The van der Waals surface area contributed by atoms with E-state index >= 15 is 0 Å². The minimum absolute atomic E-state index is 0.0228. The van der Waals surface area contributed by atoms with Crippen LogP contribution in [0.2, 0.25) is 0 Å². The van der Waals surface area contributed by atoms with Gasteiger partial charge in [-0.15, -0.1) is 10.2 Å². The molecule has 1 amide bonds. The average Bonchev–Trinajstić information content (AvgIpc) is 3.25. The first-order valence-corrected chi connectivity index (χ1v) is 12.1. The second-order valence-corrected chi connectivity index (χ2v) is 9.27. The Kier molecular flexibility index (Phi) is 8.11. The number of hydrogen-bond donors (Lipinski definition) is 2. The lowest BCUT2D eigenvalue weighted by atomic mass is 9.93. The fraction of sp³-hybridized carbons (Fsp3) is 0.400. The van der Waals surface area contributed by atoms with Crippen LogP contribution in [0.3, 0.4) is 0 Å². The number of fused-ring (bicyclic) bond motifs is 1. The van der Waals surface area contributed by atoms with Crippen LogP contribution in [0.5, 0.6) is 0 Å². The van der Waals surface area contributed by atoms with Gasteiger partial charge in [-0.2, -0.15) is 8.42 Å². The largest absolute Gasteiger partial charge is 0.445 e. The van der Waals surface area contributed by atoms with Crippen molar-refractivity contribution in [2.24, 2.45) is 5.92 Å². The summed E-state index contributed by atoms with van der Waals surface area (Å²) in [4.78, 5) is 17.3. The van der Waals surface area contributed by atoms with E-state index < -0.39 is 40.4 Å². The first-order chi connectivity index (χ1) is 16.4. The minimum atomic E-state index is -3.67. The highest BCUT2D eigenvalue weighted by Crippen LogP contribution is 2.33. The number of benzene rings is 1. The molecule has 0 saturated carbocycles. The summed E-state index contributed by atoms with van der Waals surface area (Å²) in [6.07, 6.45) is 4.67. The zero-order valence-electron chi connectivity index (χ0n) is 18.5. The minimum Gasteiger partial charge on any atom is -0.445 e. The predicted molar refractivity (Wildman–Crippen MR) is 118 cm³/mol. The van der Waals surface area contributed by atoms with Crippen LogP contribution >= 0.6 is 0 Å². The van der Waals surface area contributed by atoms with Gasteiger partial charge >= 0.3 is 6.09 Å². The molecular formula is C20H23F3N6O5S. The molecule has 1 aliphatic rings. The Morgan fingerprint density at radius 3 is 2.66 bits per heavy atom. The third kappa shape index (κ3) is 7.78. The van der Waals surface area contributed by atoms with Gasteiger partial charge < -0.3 is 15.0 Å². The Bertz CT molecular complexity index is 1250. The molecule has 1 aliphatic heterocycles. The monoisotopic (exact) mass is 516 g/mol. The molecule has 4 rings (SSSR count). The van der Waals surface area contributed by atoms with Gasteiger partial charge in [0.1, 0.15) is 18.8 Å². The number of likely N-dealkylation sites (tertiary alicyclic amines) is 1. The maximum atomic E-state index is 14.7. The molecule has 2 N–H and O–H groups in total. The summed E-state index contributed by atoms with van der Waals surface area (Å²) < 4.78 is 74.8. The maximum absolute atomic E-state index is 14.7. The smallest absolute Gasteiger partial charge is 0.410 e. The van der Waals surface area contributed by atoms with Crippen molar-refractivity contribution >= 4 is 27.7 Å². The van der Waals surface area contributed by atoms with Gasteiger partial charge in [-0.25, -0.2) is 22.9 Å². The zero-order valence-corrected chi connectivity index (χ0v) is 19.3. The summed E-state index contributed by atoms with van der Waals surface area (Å²) in [6.45, 7) is -0.720. The van der Waals surface area contributed by atoms with Crippen LogP contribution in [0.4, 0.5) is 23.8 Å². The van der Waals surface area contributed by atoms with Gasteiger partial charge in [0.15, 0.2) is 5.82 Å². The molecule has 1 atom stereocenters. The van der Waals surface area contributed by atoms with E-state index in [1.165, 1.54) is 36.8 Å². The van der Waals surface area contributed by atoms with Crippen molar-refractivity contribution in [1.29, 1.82) is 0 Å². The summed E-state index contributed by atoms with van der Waals surface area (Å²) in [6, 6.07) is 5.42. The topological polar surface area (TPSA) is 139 Å². The molecule has 0 aliphatic carbocycles. The van der Waals surface area contributed by atoms with Crippen LogP contribution in [-0.4, -0.2) is 75.4 Å². The number of aromatic nitrogens is 4. The zero-order chi connectivity index (χ0) is 25.6. The summed E-state index contributed by atoms with van der Waals surface area (Å²) in [5.74, 6) is -4.12. The lowest BCUT2D eigenvalue weighted by Gasteiger charge is -2.37. The summed E-state index contributed by atoms with van der Waals surface area (Å²) >= 11 is 0. The van der Waals surface area contributed by atoms with Crippen LogP contribution in [0.25, 0.3) is 5.65 Å². The summed E-state index contributed by atoms with van der Waals surface area (Å²) in [5, 5.41) is 10.6. The van der Waals surface area contributed by atoms with E-state index in [2.05, 4.69) is 20.5 Å². The number of ether oxygens (including phenoxy) is 1. The number of anilines is 1. The number of halogens is 3.